The molecule has 1 saturated carbocycles. The van der Waals surface area contributed by atoms with E-state index in [0.29, 0.717) is 27.5 Å². The van der Waals surface area contributed by atoms with Crippen molar-refractivity contribution in [2.45, 2.75) is 50.2 Å². The summed E-state index contributed by atoms with van der Waals surface area (Å²) in [5.74, 6) is -8.36. The molecule has 6 aromatic rings. The summed E-state index contributed by atoms with van der Waals surface area (Å²) in [4.78, 5) is 33.7. The molecule has 5 heterocycles. The Morgan fingerprint density at radius 3 is 2.48 bits per heavy atom. The third-order valence-corrected chi connectivity index (χ3v) is 11.8. The Kier molecular flexibility index (Phi) is 9.77. The number of aliphatic imine (C=N–C) groups is 1. The quantitative estimate of drug-likeness (QED) is 0.128. The van der Waals surface area contributed by atoms with Crippen LogP contribution in [0.25, 0.3) is 22.3 Å². The minimum Gasteiger partial charge on any atom is -0.344 e. The molecule has 0 saturated heterocycles. The van der Waals surface area contributed by atoms with Gasteiger partial charge in [0.25, 0.3) is 12.3 Å². The first-order valence-corrected chi connectivity index (χ1v) is 21.0. The standard InChI is InChI=1S/C38H29Cl2F6N11O3S/c1-55-31-25(6-4-22(39)28(31)36(53-55)54-61(2,59)60)56-14-17-3-5-23(29-33(40)48-8-7-47-29)50-35(17)51-37(56)24(11-16-9-18(41)12-19(42)10-16)49-26(58)15-57-32-27(30(52-57)34(43)44)20-13-21(20)38(32,45)46/h3-10,12,20-21,24,34H,11,13-15H2,1-2H3,(H,49,58)(H,53,54)/t20-,21+,24-/m0/s1. The van der Waals surface area contributed by atoms with E-state index in [1.807, 2.05) is 0 Å². The number of nitrogens with zero attached hydrogens (tertiary/aromatic N) is 9. The fourth-order valence-electron chi connectivity index (χ4n) is 8.17. The van der Waals surface area contributed by atoms with Gasteiger partial charge in [-0.25, -0.2) is 45.9 Å². The average molecular weight is 905 g/mol. The normalized spacial score (nSPS) is 18.1. The predicted molar refractivity (Wildman–Crippen MR) is 212 cm³/mol. The molecule has 3 aliphatic rings. The number of amidine groups is 1. The van der Waals surface area contributed by atoms with Gasteiger partial charge in [-0.3, -0.25) is 18.9 Å². The summed E-state index contributed by atoms with van der Waals surface area (Å²) in [5.41, 5.74) is -0.199. The van der Waals surface area contributed by atoms with Crippen molar-refractivity contribution in [1.82, 2.24) is 39.8 Å². The molecule has 0 radical (unpaired) electrons. The van der Waals surface area contributed by atoms with E-state index in [-0.39, 0.29) is 74.9 Å². The molecule has 2 aromatic carbocycles. The van der Waals surface area contributed by atoms with Crippen LogP contribution in [0.1, 0.15) is 46.8 Å². The van der Waals surface area contributed by atoms with Crippen LogP contribution in [0.5, 0.6) is 0 Å². The number of aromatic nitrogens is 7. The van der Waals surface area contributed by atoms with Crippen molar-refractivity contribution in [3.8, 4) is 11.4 Å². The second-order valence-electron chi connectivity index (χ2n) is 14.8. The van der Waals surface area contributed by atoms with E-state index in [2.05, 4.69) is 30.2 Å². The van der Waals surface area contributed by atoms with Gasteiger partial charge >= 0.3 is 0 Å². The number of amides is 1. The van der Waals surface area contributed by atoms with Gasteiger partial charge < -0.3 is 10.2 Å². The minimum atomic E-state index is -3.85. The molecule has 2 aliphatic carbocycles. The molecule has 0 spiro atoms. The number of hydrogen-bond donors (Lipinski definition) is 2. The third-order valence-electron chi connectivity index (χ3n) is 10.6. The number of alkyl halides is 4. The second-order valence-corrected chi connectivity index (χ2v) is 17.4. The highest BCUT2D eigenvalue weighted by Crippen LogP contribution is 2.68. The number of carbonyl (C=O) groups excluding carboxylic acids is 1. The molecule has 61 heavy (non-hydrogen) atoms. The lowest BCUT2D eigenvalue weighted by molar-refractivity contribution is -0.122. The lowest BCUT2D eigenvalue weighted by Crippen LogP contribution is -2.51. The highest BCUT2D eigenvalue weighted by atomic mass is 35.5. The monoisotopic (exact) mass is 903 g/mol. The van der Waals surface area contributed by atoms with Crippen molar-refractivity contribution in [2.75, 3.05) is 15.9 Å². The summed E-state index contributed by atoms with van der Waals surface area (Å²) in [6.45, 7) is -0.974. The summed E-state index contributed by atoms with van der Waals surface area (Å²) in [5, 5.41) is 11.2. The molecule has 3 atom stereocenters. The maximum atomic E-state index is 15.5. The first-order chi connectivity index (χ1) is 28.9. The number of rotatable bonds is 11. The van der Waals surface area contributed by atoms with Crippen LogP contribution in [-0.2, 0) is 47.3 Å². The largest absolute Gasteiger partial charge is 0.344 e. The molecule has 4 aromatic heterocycles. The van der Waals surface area contributed by atoms with Crippen LogP contribution >= 0.6 is 23.2 Å². The van der Waals surface area contributed by atoms with E-state index in [9.17, 15) is 30.8 Å². The molecule has 23 heteroatoms. The Bertz CT molecular complexity index is 2940. The van der Waals surface area contributed by atoms with Gasteiger partial charge in [0.05, 0.1) is 46.1 Å². The second kappa shape index (κ2) is 14.7. The molecule has 9 rings (SSSR count). The molecule has 0 bridgehead atoms. The van der Waals surface area contributed by atoms with E-state index in [0.717, 1.165) is 18.4 Å². The smallest absolute Gasteiger partial charge is 0.293 e. The Morgan fingerprint density at radius 2 is 1.77 bits per heavy atom. The van der Waals surface area contributed by atoms with Crippen LogP contribution in [0.4, 0.5) is 43.7 Å². The van der Waals surface area contributed by atoms with Crippen LogP contribution in [0, 0.1) is 17.6 Å². The van der Waals surface area contributed by atoms with Gasteiger partial charge in [0.15, 0.2) is 16.8 Å². The zero-order chi connectivity index (χ0) is 43.3. The molecule has 1 aliphatic heterocycles. The fourth-order valence-corrected chi connectivity index (χ4v) is 9.10. The summed E-state index contributed by atoms with van der Waals surface area (Å²) < 4.78 is 118. The van der Waals surface area contributed by atoms with Crippen LogP contribution < -0.4 is 14.9 Å². The molecule has 0 unspecified atom stereocenters. The van der Waals surface area contributed by atoms with Gasteiger partial charge in [0.2, 0.25) is 15.9 Å². The van der Waals surface area contributed by atoms with Crippen LogP contribution in [0.3, 0.4) is 0 Å². The third kappa shape index (κ3) is 7.30. The molecular weight excluding hydrogens is 875 g/mol. The lowest BCUT2D eigenvalue weighted by Gasteiger charge is -2.35. The molecule has 1 amide bonds. The van der Waals surface area contributed by atoms with Crippen molar-refractivity contribution in [2.24, 2.45) is 18.0 Å². The Morgan fingerprint density at radius 1 is 1.03 bits per heavy atom. The summed E-state index contributed by atoms with van der Waals surface area (Å²) in [6, 6.07) is 7.76. The van der Waals surface area contributed by atoms with Gasteiger partial charge in [-0.2, -0.15) is 19.0 Å². The number of fused-ring (bicyclic) bond motifs is 5. The van der Waals surface area contributed by atoms with Crippen molar-refractivity contribution >= 4 is 73.2 Å². The molecule has 316 valence electrons. The van der Waals surface area contributed by atoms with Crippen molar-refractivity contribution < 1.29 is 39.6 Å². The number of carbonyl (C=O) groups is 1. The zero-order valence-electron chi connectivity index (χ0n) is 31.5. The Labute approximate surface area is 351 Å². The topological polar surface area (TPSA) is 165 Å². The summed E-state index contributed by atoms with van der Waals surface area (Å²) in [6.07, 6.45) is 0.209. The number of hydrogen-bond acceptors (Lipinski definition) is 10. The number of anilines is 2. The summed E-state index contributed by atoms with van der Waals surface area (Å²) in [7, 11) is -2.32. The number of nitrogens with one attached hydrogen (secondary N) is 2. The molecular formula is C38H29Cl2F6N11O3S. The first-order valence-electron chi connectivity index (χ1n) is 18.3. The van der Waals surface area contributed by atoms with Gasteiger partial charge in [0, 0.05) is 49.0 Å². The number of sulfonamides is 1. The zero-order valence-corrected chi connectivity index (χ0v) is 33.8. The van der Waals surface area contributed by atoms with Crippen LogP contribution in [0.15, 0.2) is 59.9 Å². The summed E-state index contributed by atoms with van der Waals surface area (Å²) >= 11 is 13.0. The van der Waals surface area contributed by atoms with Gasteiger partial charge in [-0.05, 0) is 48.2 Å². The van der Waals surface area contributed by atoms with Crippen molar-refractivity contribution in [1.29, 1.82) is 0 Å². The highest BCUT2D eigenvalue weighted by Gasteiger charge is 2.67. The number of aryl methyl sites for hydroxylation is 1. The van der Waals surface area contributed by atoms with E-state index in [4.69, 9.17) is 33.2 Å². The lowest BCUT2D eigenvalue weighted by atomic mass is 10.0. The van der Waals surface area contributed by atoms with E-state index < -0.39 is 75.7 Å². The van der Waals surface area contributed by atoms with Crippen LogP contribution in [-0.4, -0.2) is 67.0 Å². The van der Waals surface area contributed by atoms with Crippen molar-refractivity contribution in [3.05, 3.63) is 105 Å². The number of halogens is 8. The minimum absolute atomic E-state index is 0.00612. The average Bonchev–Trinajstić information content (AvgIpc) is 3.72. The Balaban J connectivity index is 1.20. The SMILES string of the molecule is Cn1nc(NS(C)(=O)=O)c2c(Cl)ccc(N3Cc4ccc(-c5nccnc5Cl)nc4N=C3[C@H](Cc3cc(F)cc(F)c3)NC(=O)Cn3nc(C(F)F)c4c3C(F)(F)[C@@H]3C[C@H]43)c21. The van der Waals surface area contributed by atoms with Gasteiger partial charge in [-0.1, -0.05) is 29.3 Å². The molecule has 1 fully saturated rings. The first kappa shape index (κ1) is 40.6. The molecule has 14 nitrogen and oxygen atoms in total. The van der Waals surface area contributed by atoms with Gasteiger partial charge in [-0.15, -0.1) is 0 Å². The van der Waals surface area contributed by atoms with Gasteiger partial charge in [0.1, 0.15) is 41.1 Å². The predicted octanol–water partition coefficient (Wildman–Crippen LogP) is 7.20. The van der Waals surface area contributed by atoms with Crippen LogP contribution in [0.2, 0.25) is 10.2 Å². The van der Waals surface area contributed by atoms with Crippen molar-refractivity contribution in [3.63, 3.8) is 0 Å². The van der Waals surface area contributed by atoms with E-state index >= 15 is 8.78 Å². The fraction of sp³-hybridized carbons (Fsp3) is 0.289. The highest BCUT2D eigenvalue weighted by molar-refractivity contribution is 7.92. The number of benzene rings is 2. The van der Waals surface area contributed by atoms with E-state index in [1.165, 1.54) is 30.2 Å². The Hall–Kier alpha value is -5.80. The maximum absolute atomic E-state index is 15.5. The molecule has 2 N–H and O–H groups in total. The number of pyridine rings is 1. The maximum Gasteiger partial charge on any atom is 0.293 e. The van der Waals surface area contributed by atoms with E-state index in [1.54, 1.807) is 23.1 Å².